The minimum atomic E-state index is -3.40. The van der Waals surface area contributed by atoms with Crippen molar-refractivity contribution < 1.29 is 17.9 Å². The maximum absolute atomic E-state index is 12.4. The van der Waals surface area contributed by atoms with Crippen LogP contribution in [0.2, 0.25) is 0 Å². The number of aromatic nitrogens is 2. The number of anilines is 1. The first-order chi connectivity index (χ1) is 13.4. The first-order valence-corrected chi connectivity index (χ1v) is 10.4. The summed E-state index contributed by atoms with van der Waals surface area (Å²) < 4.78 is 28.4. The number of sulfone groups is 1. The monoisotopic (exact) mass is 397 g/mol. The molecule has 1 N–H and O–H groups in total. The number of hydrogen-bond donors (Lipinski definition) is 1. The molecular weight excluding hydrogens is 378 g/mol. The van der Waals surface area contributed by atoms with E-state index >= 15 is 0 Å². The summed E-state index contributed by atoms with van der Waals surface area (Å²) in [7, 11) is -3.40. The predicted octanol–water partition coefficient (Wildman–Crippen LogP) is 3.20. The van der Waals surface area contributed by atoms with Gasteiger partial charge in [-0.05, 0) is 55.5 Å². The fourth-order valence-electron chi connectivity index (χ4n) is 2.50. The summed E-state index contributed by atoms with van der Waals surface area (Å²) in [6.45, 7) is 2.46. The molecule has 3 aromatic rings. The Bertz CT molecular complexity index is 1080. The highest BCUT2D eigenvalue weighted by atomic mass is 32.2. The average molecular weight is 397 g/mol. The van der Waals surface area contributed by atoms with E-state index in [1.54, 1.807) is 54.6 Å². The van der Waals surface area contributed by atoms with Crippen LogP contribution in [0.25, 0.3) is 11.3 Å². The van der Waals surface area contributed by atoms with Gasteiger partial charge in [0.2, 0.25) is 0 Å². The van der Waals surface area contributed by atoms with Crippen LogP contribution in [0.15, 0.2) is 65.7 Å². The van der Waals surface area contributed by atoms with Crippen molar-refractivity contribution in [2.75, 3.05) is 18.2 Å². The van der Waals surface area contributed by atoms with Crippen molar-refractivity contribution in [2.45, 2.75) is 11.9 Å². The highest BCUT2D eigenvalue weighted by Crippen LogP contribution is 2.22. The number of benzene rings is 2. The number of rotatable bonds is 6. The first-order valence-electron chi connectivity index (χ1n) is 8.55. The Morgan fingerprint density at radius 1 is 1.04 bits per heavy atom. The molecular formula is C20H19N3O4S. The number of ether oxygens (including phenoxy) is 1. The quantitative estimate of drug-likeness (QED) is 0.686. The Morgan fingerprint density at radius 2 is 1.79 bits per heavy atom. The second-order valence-corrected chi connectivity index (χ2v) is 7.98. The lowest BCUT2D eigenvalue weighted by Crippen LogP contribution is -2.11. The Balaban J connectivity index is 1.76. The molecule has 0 aliphatic rings. The van der Waals surface area contributed by atoms with E-state index in [0.717, 1.165) is 6.26 Å². The zero-order chi connectivity index (χ0) is 20.1. The molecule has 0 saturated heterocycles. The highest BCUT2D eigenvalue weighted by Gasteiger charge is 2.11. The van der Waals surface area contributed by atoms with E-state index in [4.69, 9.17) is 4.74 Å². The van der Waals surface area contributed by atoms with Crippen molar-refractivity contribution in [3.8, 4) is 17.0 Å². The van der Waals surface area contributed by atoms with Crippen LogP contribution in [0.4, 0.5) is 5.69 Å². The summed E-state index contributed by atoms with van der Waals surface area (Å²) >= 11 is 0. The maximum atomic E-state index is 12.4. The van der Waals surface area contributed by atoms with E-state index < -0.39 is 9.84 Å². The van der Waals surface area contributed by atoms with Gasteiger partial charge in [-0.15, -0.1) is 10.2 Å². The second-order valence-electron chi connectivity index (χ2n) is 6.02. The Hall–Kier alpha value is -3.26. The van der Waals surface area contributed by atoms with Crippen LogP contribution >= 0.6 is 0 Å². The van der Waals surface area contributed by atoms with Gasteiger partial charge in [0.1, 0.15) is 5.75 Å². The highest BCUT2D eigenvalue weighted by molar-refractivity contribution is 7.90. The van der Waals surface area contributed by atoms with Crippen molar-refractivity contribution in [1.29, 1.82) is 0 Å². The van der Waals surface area contributed by atoms with E-state index in [9.17, 15) is 13.2 Å². The Morgan fingerprint density at radius 3 is 2.39 bits per heavy atom. The van der Waals surface area contributed by atoms with Crippen LogP contribution < -0.4 is 10.1 Å². The number of carbonyl (C=O) groups excluding carboxylic acids is 1. The SMILES string of the molecule is CCOc1ccc(C(=O)Nc2cccc(-c3ccc(S(C)(=O)=O)nn3)c2)cc1. The molecule has 0 radical (unpaired) electrons. The summed E-state index contributed by atoms with van der Waals surface area (Å²) in [4.78, 5) is 12.4. The van der Waals surface area contributed by atoms with Crippen LogP contribution in [-0.2, 0) is 9.84 Å². The van der Waals surface area contributed by atoms with Crippen LogP contribution in [0.1, 0.15) is 17.3 Å². The molecule has 0 spiro atoms. The molecule has 0 fully saturated rings. The standard InChI is InChI=1S/C20H19N3O4S/c1-3-27-17-9-7-14(8-10-17)20(24)21-16-6-4-5-15(13-16)18-11-12-19(23-22-18)28(2,25)26/h4-13H,3H2,1-2H3,(H,21,24). The molecule has 2 aromatic carbocycles. The zero-order valence-corrected chi connectivity index (χ0v) is 16.2. The molecule has 28 heavy (non-hydrogen) atoms. The van der Waals surface area contributed by atoms with Gasteiger partial charge < -0.3 is 10.1 Å². The summed E-state index contributed by atoms with van der Waals surface area (Å²) in [6, 6.07) is 16.9. The van der Waals surface area contributed by atoms with E-state index in [1.807, 2.05) is 6.92 Å². The van der Waals surface area contributed by atoms with Gasteiger partial charge in [-0.3, -0.25) is 4.79 Å². The molecule has 8 heteroatoms. The van der Waals surface area contributed by atoms with Crippen LogP contribution in [0.5, 0.6) is 5.75 Å². The first kappa shape index (κ1) is 19.5. The van der Waals surface area contributed by atoms with Gasteiger partial charge in [0.15, 0.2) is 14.9 Å². The average Bonchev–Trinajstić information content (AvgIpc) is 2.68. The molecule has 1 amide bonds. The van der Waals surface area contributed by atoms with Crippen LogP contribution in [-0.4, -0.2) is 37.4 Å². The van der Waals surface area contributed by atoms with Gasteiger partial charge in [0.25, 0.3) is 5.91 Å². The number of hydrogen-bond acceptors (Lipinski definition) is 6. The zero-order valence-electron chi connectivity index (χ0n) is 15.4. The van der Waals surface area contributed by atoms with Crippen molar-refractivity contribution in [3.63, 3.8) is 0 Å². The topological polar surface area (TPSA) is 98.2 Å². The van der Waals surface area contributed by atoms with Gasteiger partial charge in [-0.1, -0.05) is 12.1 Å². The summed E-state index contributed by atoms with van der Waals surface area (Å²) in [5, 5.41) is 10.5. The number of amides is 1. The van der Waals surface area contributed by atoms with Gasteiger partial charge in [-0.25, -0.2) is 8.42 Å². The van der Waals surface area contributed by atoms with Crippen molar-refractivity contribution in [3.05, 3.63) is 66.2 Å². The van der Waals surface area contributed by atoms with Crippen molar-refractivity contribution in [2.24, 2.45) is 0 Å². The van der Waals surface area contributed by atoms with Crippen LogP contribution in [0, 0.1) is 0 Å². The molecule has 144 valence electrons. The van der Waals surface area contributed by atoms with E-state index in [0.29, 0.717) is 34.9 Å². The van der Waals surface area contributed by atoms with Gasteiger partial charge >= 0.3 is 0 Å². The lowest BCUT2D eigenvalue weighted by Gasteiger charge is -2.08. The molecule has 0 bridgehead atoms. The molecule has 0 aliphatic carbocycles. The summed E-state index contributed by atoms with van der Waals surface area (Å²) in [5.74, 6) is 0.455. The third-order valence-electron chi connectivity index (χ3n) is 3.86. The third-order valence-corrected chi connectivity index (χ3v) is 4.84. The molecule has 3 rings (SSSR count). The van der Waals surface area contributed by atoms with Crippen LogP contribution in [0.3, 0.4) is 0 Å². The second kappa shape index (κ2) is 8.18. The van der Waals surface area contributed by atoms with Gasteiger partial charge in [0, 0.05) is 23.1 Å². The lowest BCUT2D eigenvalue weighted by molar-refractivity contribution is 0.102. The van der Waals surface area contributed by atoms with Crippen molar-refractivity contribution >= 4 is 21.4 Å². The molecule has 0 unspecified atom stereocenters. The van der Waals surface area contributed by atoms with E-state index in [2.05, 4.69) is 15.5 Å². The number of nitrogens with one attached hydrogen (secondary N) is 1. The van der Waals surface area contributed by atoms with E-state index in [1.165, 1.54) is 6.07 Å². The fraction of sp³-hybridized carbons (Fsp3) is 0.150. The predicted molar refractivity (Wildman–Crippen MR) is 106 cm³/mol. The molecule has 1 heterocycles. The normalized spacial score (nSPS) is 11.1. The third kappa shape index (κ3) is 4.72. The molecule has 1 aromatic heterocycles. The summed E-state index contributed by atoms with van der Waals surface area (Å²) in [6.07, 6.45) is 1.08. The number of carbonyl (C=O) groups is 1. The Labute approximate surface area is 163 Å². The molecule has 0 atom stereocenters. The lowest BCUT2D eigenvalue weighted by atomic mass is 10.1. The molecule has 0 aliphatic heterocycles. The van der Waals surface area contributed by atoms with Crippen molar-refractivity contribution in [1.82, 2.24) is 10.2 Å². The maximum Gasteiger partial charge on any atom is 0.255 e. The molecule has 7 nitrogen and oxygen atoms in total. The Kier molecular flexibility index (Phi) is 5.70. The molecule has 0 saturated carbocycles. The smallest absolute Gasteiger partial charge is 0.255 e. The minimum Gasteiger partial charge on any atom is -0.494 e. The minimum absolute atomic E-state index is 0.0868. The fourth-order valence-corrected chi connectivity index (χ4v) is 3.00. The number of nitrogens with zero attached hydrogens (tertiary/aromatic N) is 2. The van der Waals surface area contributed by atoms with E-state index in [-0.39, 0.29) is 10.9 Å². The van der Waals surface area contributed by atoms with Gasteiger partial charge in [-0.2, -0.15) is 0 Å². The summed E-state index contributed by atoms with van der Waals surface area (Å²) in [5.41, 5.74) is 2.30. The largest absolute Gasteiger partial charge is 0.494 e. The van der Waals surface area contributed by atoms with Gasteiger partial charge in [0.05, 0.1) is 12.3 Å².